The molecule has 21 heavy (non-hydrogen) atoms. The molecule has 0 aliphatic carbocycles. The van der Waals surface area contributed by atoms with Crippen LogP contribution in [0.2, 0.25) is 0 Å². The van der Waals surface area contributed by atoms with Gasteiger partial charge in [0.1, 0.15) is 5.82 Å². The second-order valence-electron chi connectivity index (χ2n) is 5.29. The lowest BCUT2D eigenvalue weighted by molar-refractivity contribution is -0.140. The van der Waals surface area contributed by atoms with Crippen LogP contribution in [0.3, 0.4) is 0 Å². The van der Waals surface area contributed by atoms with Gasteiger partial charge in [-0.25, -0.2) is 4.39 Å². The van der Waals surface area contributed by atoms with Gasteiger partial charge in [-0.05, 0) is 38.1 Å². The van der Waals surface area contributed by atoms with E-state index in [1.54, 1.807) is 0 Å². The molecule has 0 bridgehead atoms. The highest BCUT2D eigenvalue weighted by atomic mass is 19.4. The van der Waals surface area contributed by atoms with Crippen LogP contribution in [0.15, 0.2) is 18.2 Å². The van der Waals surface area contributed by atoms with Gasteiger partial charge in [-0.2, -0.15) is 13.2 Å². The number of nitrogens with zero attached hydrogens (tertiary/aromatic N) is 1. The van der Waals surface area contributed by atoms with E-state index in [1.165, 1.54) is 0 Å². The van der Waals surface area contributed by atoms with Crippen LogP contribution in [0.1, 0.15) is 22.3 Å². The monoisotopic (exact) mass is 304 g/mol. The molecular formula is C14H16F4N2O. The van der Waals surface area contributed by atoms with Gasteiger partial charge in [0.25, 0.3) is 5.91 Å². The molecule has 3 nitrogen and oxygen atoms in total. The van der Waals surface area contributed by atoms with Crippen molar-refractivity contribution in [2.45, 2.75) is 12.6 Å². The van der Waals surface area contributed by atoms with Gasteiger partial charge >= 0.3 is 6.18 Å². The van der Waals surface area contributed by atoms with Gasteiger partial charge in [0.05, 0.1) is 11.1 Å². The Bertz CT molecular complexity index is 530. The number of halogens is 4. The minimum Gasteiger partial charge on any atom is -0.352 e. The zero-order chi connectivity index (χ0) is 15.6. The van der Waals surface area contributed by atoms with Crippen molar-refractivity contribution >= 4 is 5.91 Å². The van der Waals surface area contributed by atoms with Crippen LogP contribution in [-0.4, -0.2) is 37.5 Å². The molecule has 0 spiro atoms. The van der Waals surface area contributed by atoms with Crippen molar-refractivity contribution in [3.8, 4) is 0 Å². The molecule has 2 rings (SSSR count). The summed E-state index contributed by atoms with van der Waals surface area (Å²) >= 11 is 0. The van der Waals surface area contributed by atoms with Gasteiger partial charge in [-0.1, -0.05) is 6.07 Å². The van der Waals surface area contributed by atoms with Crippen molar-refractivity contribution in [1.82, 2.24) is 10.2 Å². The number of nitrogens with one attached hydrogen (secondary N) is 1. The lowest BCUT2D eigenvalue weighted by Crippen LogP contribution is -2.31. The summed E-state index contributed by atoms with van der Waals surface area (Å²) in [6.07, 6.45) is -3.91. The quantitative estimate of drug-likeness (QED) is 0.870. The number of likely N-dealkylation sites (tertiary alicyclic amines) is 1. The smallest absolute Gasteiger partial charge is 0.352 e. The van der Waals surface area contributed by atoms with Crippen molar-refractivity contribution in [1.29, 1.82) is 0 Å². The van der Waals surface area contributed by atoms with E-state index in [2.05, 4.69) is 10.2 Å². The molecule has 7 heteroatoms. The summed E-state index contributed by atoms with van der Waals surface area (Å²) in [6, 6.07) is 2.71. The van der Waals surface area contributed by atoms with E-state index in [4.69, 9.17) is 0 Å². The molecule has 1 aliphatic rings. The van der Waals surface area contributed by atoms with Crippen LogP contribution in [0.25, 0.3) is 0 Å². The molecule has 1 aliphatic heterocycles. The third-order valence-corrected chi connectivity index (χ3v) is 3.59. The SMILES string of the molecule is CN1CCC(CNC(=O)c2cccc(C(F)(F)F)c2F)C1. The first kappa shape index (κ1) is 15.8. The summed E-state index contributed by atoms with van der Waals surface area (Å²) in [4.78, 5) is 13.9. The molecular weight excluding hydrogens is 288 g/mol. The zero-order valence-corrected chi connectivity index (χ0v) is 11.5. The largest absolute Gasteiger partial charge is 0.419 e. The minimum atomic E-state index is -4.81. The van der Waals surface area contributed by atoms with Gasteiger partial charge in [-0.15, -0.1) is 0 Å². The lowest BCUT2D eigenvalue weighted by Gasteiger charge is -2.13. The highest BCUT2D eigenvalue weighted by molar-refractivity contribution is 5.94. The number of hydrogen-bond donors (Lipinski definition) is 1. The molecule has 0 saturated carbocycles. The van der Waals surface area contributed by atoms with Crippen molar-refractivity contribution in [2.75, 3.05) is 26.7 Å². The highest BCUT2D eigenvalue weighted by Crippen LogP contribution is 2.32. The Balaban J connectivity index is 2.06. The molecule has 116 valence electrons. The Kier molecular flexibility index (Phi) is 4.51. The van der Waals surface area contributed by atoms with E-state index in [9.17, 15) is 22.4 Å². The van der Waals surface area contributed by atoms with Crippen LogP contribution in [0.4, 0.5) is 17.6 Å². The Morgan fingerprint density at radius 2 is 2.14 bits per heavy atom. The summed E-state index contributed by atoms with van der Waals surface area (Å²) in [5, 5.41) is 2.51. The van der Waals surface area contributed by atoms with Gasteiger partial charge in [0.2, 0.25) is 0 Å². The average Bonchev–Trinajstić information content (AvgIpc) is 2.80. The molecule has 1 N–H and O–H groups in total. The van der Waals surface area contributed by atoms with Gasteiger partial charge < -0.3 is 10.2 Å². The maximum Gasteiger partial charge on any atom is 0.419 e. The predicted molar refractivity (Wildman–Crippen MR) is 69.3 cm³/mol. The van der Waals surface area contributed by atoms with E-state index >= 15 is 0 Å². The number of carbonyl (C=O) groups is 1. The van der Waals surface area contributed by atoms with E-state index in [1.807, 2.05) is 7.05 Å². The van der Waals surface area contributed by atoms with Crippen molar-refractivity contribution in [3.05, 3.63) is 35.1 Å². The van der Waals surface area contributed by atoms with Gasteiger partial charge in [0.15, 0.2) is 0 Å². The normalized spacial score (nSPS) is 19.8. The molecule has 1 unspecified atom stereocenters. The first-order chi connectivity index (χ1) is 9.79. The van der Waals surface area contributed by atoms with Crippen LogP contribution < -0.4 is 5.32 Å². The highest BCUT2D eigenvalue weighted by Gasteiger charge is 2.35. The molecule has 1 heterocycles. The summed E-state index contributed by atoms with van der Waals surface area (Å²) in [7, 11) is 1.95. The average molecular weight is 304 g/mol. The number of rotatable bonds is 3. The third-order valence-electron chi connectivity index (χ3n) is 3.59. The first-order valence-corrected chi connectivity index (χ1v) is 6.61. The molecule has 0 aromatic heterocycles. The Labute approximate surface area is 119 Å². The molecule has 1 saturated heterocycles. The third kappa shape index (κ3) is 3.72. The second-order valence-corrected chi connectivity index (χ2v) is 5.29. The number of alkyl halides is 3. The number of amides is 1. The molecule has 1 atom stereocenters. The number of hydrogen-bond acceptors (Lipinski definition) is 2. The summed E-state index contributed by atoms with van der Waals surface area (Å²) in [6.45, 7) is 2.06. The Hall–Kier alpha value is -1.63. The fourth-order valence-corrected chi connectivity index (χ4v) is 2.45. The van der Waals surface area contributed by atoms with Crippen molar-refractivity contribution in [3.63, 3.8) is 0 Å². The summed E-state index contributed by atoms with van der Waals surface area (Å²) < 4.78 is 51.6. The second kappa shape index (κ2) is 6.01. The van der Waals surface area contributed by atoms with Crippen LogP contribution in [-0.2, 0) is 6.18 Å². The van der Waals surface area contributed by atoms with E-state index in [-0.39, 0.29) is 5.92 Å². The van der Waals surface area contributed by atoms with Crippen molar-refractivity contribution < 1.29 is 22.4 Å². The Morgan fingerprint density at radius 3 is 2.71 bits per heavy atom. The Morgan fingerprint density at radius 1 is 1.43 bits per heavy atom. The molecule has 1 aromatic carbocycles. The van der Waals surface area contributed by atoms with Crippen LogP contribution >= 0.6 is 0 Å². The zero-order valence-electron chi connectivity index (χ0n) is 11.5. The first-order valence-electron chi connectivity index (χ1n) is 6.61. The standard InChI is InChI=1S/C14H16F4N2O/c1-20-6-5-9(8-20)7-19-13(21)10-3-2-4-11(12(10)15)14(16,17)18/h2-4,9H,5-8H2,1H3,(H,19,21). The predicted octanol–water partition coefficient (Wildman–Crippen LogP) is 2.53. The molecule has 1 fully saturated rings. The topological polar surface area (TPSA) is 32.3 Å². The van der Waals surface area contributed by atoms with E-state index in [0.717, 1.165) is 31.6 Å². The van der Waals surface area contributed by atoms with Gasteiger partial charge in [0, 0.05) is 13.1 Å². The van der Waals surface area contributed by atoms with E-state index in [0.29, 0.717) is 12.6 Å². The van der Waals surface area contributed by atoms with Crippen LogP contribution in [0.5, 0.6) is 0 Å². The van der Waals surface area contributed by atoms with Crippen LogP contribution in [0, 0.1) is 11.7 Å². The molecule has 1 aromatic rings. The molecule has 1 amide bonds. The van der Waals surface area contributed by atoms with Gasteiger partial charge in [-0.3, -0.25) is 4.79 Å². The van der Waals surface area contributed by atoms with E-state index < -0.39 is 29.0 Å². The summed E-state index contributed by atoms with van der Waals surface area (Å²) in [5.74, 6) is -2.09. The minimum absolute atomic E-state index is 0.243. The molecule has 0 radical (unpaired) electrons. The number of benzene rings is 1. The lowest BCUT2D eigenvalue weighted by atomic mass is 10.1. The fourth-order valence-electron chi connectivity index (χ4n) is 2.45. The summed E-state index contributed by atoms with van der Waals surface area (Å²) in [5.41, 5.74) is -1.99. The number of carbonyl (C=O) groups excluding carboxylic acids is 1. The maximum atomic E-state index is 13.8. The maximum absolute atomic E-state index is 13.8. The van der Waals surface area contributed by atoms with Crippen molar-refractivity contribution in [2.24, 2.45) is 5.92 Å². The fraction of sp³-hybridized carbons (Fsp3) is 0.500.